The molecule has 1 atom stereocenters. The summed E-state index contributed by atoms with van der Waals surface area (Å²) in [5.41, 5.74) is 1.87. The Morgan fingerprint density at radius 1 is 1.03 bits per heavy atom. The van der Waals surface area contributed by atoms with Gasteiger partial charge in [0, 0.05) is 24.7 Å². The third-order valence-corrected chi connectivity index (χ3v) is 6.00. The van der Waals surface area contributed by atoms with E-state index in [1.54, 1.807) is 18.9 Å². The van der Waals surface area contributed by atoms with Gasteiger partial charge in [0.2, 0.25) is 0 Å². The van der Waals surface area contributed by atoms with Gasteiger partial charge in [0.15, 0.2) is 23.3 Å². The maximum absolute atomic E-state index is 14.6. The van der Waals surface area contributed by atoms with Crippen molar-refractivity contribution < 1.29 is 22.4 Å². The molecule has 0 radical (unpaired) electrons. The quantitative estimate of drug-likeness (QED) is 0.336. The van der Waals surface area contributed by atoms with Crippen LogP contribution in [0.25, 0.3) is 16.9 Å². The van der Waals surface area contributed by atoms with Gasteiger partial charge in [-0.25, -0.2) is 17.6 Å². The van der Waals surface area contributed by atoms with Crippen molar-refractivity contribution in [3.63, 3.8) is 0 Å². The van der Waals surface area contributed by atoms with Crippen LogP contribution in [0.4, 0.5) is 17.6 Å². The molecule has 0 bridgehead atoms. The topological polar surface area (TPSA) is 68.8 Å². The number of hydrogen-bond donors (Lipinski definition) is 0. The largest absolute Gasteiger partial charge is 0.330 e. The number of hydrogen-bond acceptors (Lipinski definition) is 4. The Hall–Kier alpha value is -4.02. The average molecular weight is 470 g/mol. The number of aromatic nitrogens is 5. The number of carbonyl (C=O) groups excluding carboxylic acids is 1. The molecule has 174 valence electrons. The van der Waals surface area contributed by atoms with Crippen molar-refractivity contribution in [3.05, 3.63) is 82.8 Å². The van der Waals surface area contributed by atoms with Crippen molar-refractivity contribution in [2.45, 2.75) is 19.4 Å². The van der Waals surface area contributed by atoms with Gasteiger partial charge in [-0.15, -0.1) is 4.80 Å². The van der Waals surface area contributed by atoms with Crippen LogP contribution in [0.5, 0.6) is 0 Å². The van der Waals surface area contributed by atoms with Crippen LogP contribution in [0.1, 0.15) is 34.6 Å². The minimum atomic E-state index is -1.54. The Morgan fingerprint density at radius 3 is 2.38 bits per heavy atom. The van der Waals surface area contributed by atoms with Crippen LogP contribution in [0, 0.1) is 23.3 Å². The van der Waals surface area contributed by atoms with Crippen molar-refractivity contribution in [1.82, 2.24) is 29.7 Å². The lowest BCUT2D eigenvalue weighted by Gasteiger charge is -2.33. The molecule has 2 aromatic heterocycles. The Balaban J connectivity index is 1.54. The number of benzene rings is 2. The van der Waals surface area contributed by atoms with Gasteiger partial charge in [0.25, 0.3) is 5.91 Å². The molecule has 1 amide bonds. The minimum Gasteiger partial charge on any atom is -0.330 e. The van der Waals surface area contributed by atoms with E-state index in [0.717, 1.165) is 16.9 Å². The zero-order valence-electron chi connectivity index (χ0n) is 18.1. The zero-order chi connectivity index (χ0) is 24.1. The highest BCUT2D eigenvalue weighted by atomic mass is 19.2. The van der Waals surface area contributed by atoms with Crippen LogP contribution < -0.4 is 0 Å². The first-order chi connectivity index (χ1) is 16.3. The molecule has 0 saturated heterocycles. The first kappa shape index (κ1) is 21.8. The number of carbonyl (C=O) groups is 1. The molecule has 3 heterocycles. The van der Waals surface area contributed by atoms with E-state index in [-0.39, 0.29) is 23.4 Å². The van der Waals surface area contributed by atoms with E-state index in [0.29, 0.717) is 23.4 Å². The Kier molecular flexibility index (Phi) is 5.18. The maximum Gasteiger partial charge on any atom is 0.256 e. The number of nitrogens with zero attached hydrogens (tertiary/aromatic N) is 6. The second-order valence-corrected chi connectivity index (χ2v) is 7.97. The van der Waals surface area contributed by atoms with E-state index < -0.39 is 35.2 Å². The molecular formula is C23H18F4N6O. The first-order valence-electron chi connectivity index (χ1n) is 10.4. The van der Waals surface area contributed by atoms with Gasteiger partial charge in [-0.1, -0.05) is 6.07 Å². The summed E-state index contributed by atoms with van der Waals surface area (Å²) >= 11 is 0. The molecule has 11 heteroatoms. The monoisotopic (exact) mass is 470 g/mol. The van der Waals surface area contributed by atoms with Gasteiger partial charge in [0.05, 0.1) is 35.4 Å². The lowest BCUT2D eigenvalue weighted by atomic mass is 9.94. The Labute approximate surface area is 191 Å². The van der Waals surface area contributed by atoms with Crippen LogP contribution in [-0.4, -0.2) is 42.1 Å². The molecule has 5 rings (SSSR count). The predicted molar refractivity (Wildman–Crippen MR) is 113 cm³/mol. The maximum atomic E-state index is 14.6. The summed E-state index contributed by atoms with van der Waals surface area (Å²) in [6, 6.07) is 5.49. The normalized spacial score (nSPS) is 15.5. The number of amides is 1. The molecule has 0 N–H and O–H groups in total. The van der Waals surface area contributed by atoms with E-state index in [1.807, 2.05) is 0 Å². The fourth-order valence-corrected chi connectivity index (χ4v) is 4.45. The summed E-state index contributed by atoms with van der Waals surface area (Å²) < 4.78 is 57.3. The lowest BCUT2D eigenvalue weighted by Crippen LogP contribution is -2.39. The number of para-hydroxylation sites is 1. The van der Waals surface area contributed by atoms with Gasteiger partial charge in [-0.3, -0.25) is 9.48 Å². The van der Waals surface area contributed by atoms with Crippen molar-refractivity contribution in [3.8, 4) is 16.9 Å². The molecular weight excluding hydrogens is 452 g/mol. The minimum absolute atomic E-state index is 0.0607. The smallest absolute Gasteiger partial charge is 0.256 e. The summed E-state index contributed by atoms with van der Waals surface area (Å²) in [6.45, 7) is 2.02. The summed E-state index contributed by atoms with van der Waals surface area (Å²) in [5.74, 6) is -5.21. The van der Waals surface area contributed by atoms with E-state index in [9.17, 15) is 22.4 Å². The van der Waals surface area contributed by atoms with Crippen LogP contribution >= 0.6 is 0 Å². The molecule has 0 saturated carbocycles. The molecule has 1 aliphatic heterocycles. The van der Waals surface area contributed by atoms with Crippen molar-refractivity contribution in [1.29, 1.82) is 0 Å². The predicted octanol–water partition coefficient (Wildman–Crippen LogP) is 3.98. The molecule has 34 heavy (non-hydrogen) atoms. The lowest BCUT2D eigenvalue weighted by molar-refractivity contribution is 0.0672. The molecule has 2 aromatic carbocycles. The van der Waals surface area contributed by atoms with Crippen molar-refractivity contribution in [2.75, 3.05) is 6.54 Å². The fraction of sp³-hybridized carbons (Fsp3) is 0.217. The summed E-state index contributed by atoms with van der Waals surface area (Å²) in [4.78, 5) is 16.1. The SMILES string of the molecule is CC1c2nn(C)c(-c3cc(F)c(F)c(F)c3)c2CCN1C(=O)c1cccc(F)c1-n1nccn1. The highest BCUT2D eigenvalue weighted by molar-refractivity contribution is 5.98. The van der Waals surface area contributed by atoms with Gasteiger partial charge in [-0.05, 0) is 37.6 Å². The highest BCUT2D eigenvalue weighted by Crippen LogP contribution is 2.37. The summed E-state index contributed by atoms with van der Waals surface area (Å²) in [6.07, 6.45) is 3.10. The zero-order valence-corrected chi connectivity index (χ0v) is 18.1. The number of fused-ring (bicyclic) bond motifs is 1. The van der Waals surface area contributed by atoms with Crippen molar-refractivity contribution >= 4 is 5.91 Å². The summed E-state index contributed by atoms with van der Waals surface area (Å²) in [7, 11) is 1.61. The van der Waals surface area contributed by atoms with Gasteiger partial charge in [0.1, 0.15) is 5.69 Å². The van der Waals surface area contributed by atoms with E-state index in [2.05, 4.69) is 15.3 Å². The van der Waals surface area contributed by atoms with E-state index in [1.165, 1.54) is 35.3 Å². The number of aryl methyl sites for hydroxylation is 1. The summed E-state index contributed by atoms with van der Waals surface area (Å²) in [5, 5.41) is 12.4. The molecule has 0 fully saturated rings. The standard InChI is InChI=1S/C23H18F4N6O/c1-12-20-14(21(31(2)30-20)13-10-17(25)19(27)18(26)11-13)6-9-32(12)23(34)15-4-3-5-16(24)22(15)33-28-7-8-29-33/h3-5,7-8,10-12H,6,9H2,1-2H3. The molecule has 0 aliphatic carbocycles. The Bertz CT molecular complexity index is 1390. The second kappa shape index (κ2) is 8.08. The van der Waals surface area contributed by atoms with E-state index in [4.69, 9.17) is 0 Å². The molecule has 1 unspecified atom stereocenters. The number of rotatable bonds is 3. The van der Waals surface area contributed by atoms with E-state index >= 15 is 0 Å². The van der Waals surface area contributed by atoms with Crippen LogP contribution in [0.15, 0.2) is 42.7 Å². The van der Waals surface area contributed by atoms with Crippen LogP contribution in [0.3, 0.4) is 0 Å². The van der Waals surface area contributed by atoms with Gasteiger partial charge < -0.3 is 4.90 Å². The van der Waals surface area contributed by atoms with Crippen molar-refractivity contribution in [2.24, 2.45) is 7.05 Å². The third-order valence-electron chi connectivity index (χ3n) is 6.00. The number of halogens is 4. The van der Waals surface area contributed by atoms with Crippen LogP contribution in [-0.2, 0) is 13.5 Å². The average Bonchev–Trinajstić information content (AvgIpc) is 3.45. The second-order valence-electron chi connectivity index (χ2n) is 7.97. The van der Waals surface area contributed by atoms with Gasteiger partial charge >= 0.3 is 0 Å². The van der Waals surface area contributed by atoms with Gasteiger partial charge in [-0.2, -0.15) is 15.3 Å². The Morgan fingerprint density at radius 2 is 1.71 bits per heavy atom. The first-order valence-corrected chi connectivity index (χ1v) is 10.4. The molecule has 0 spiro atoms. The van der Waals surface area contributed by atoms with Crippen LogP contribution in [0.2, 0.25) is 0 Å². The third kappa shape index (κ3) is 3.35. The molecule has 7 nitrogen and oxygen atoms in total. The molecule has 1 aliphatic rings. The highest BCUT2D eigenvalue weighted by Gasteiger charge is 2.35. The fourth-order valence-electron chi connectivity index (χ4n) is 4.45. The molecule has 4 aromatic rings.